The van der Waals surface area contributed by atoms with Gasteiger partial charge in [0.15, 0.2) is 0 Å². The number of carbonyl (C=O) groups is 1. The number of nitrogens with zero attached hydrogens (tertiary/aromatic N) is 1. The van der Waals surface area contributed by atoms with Crippen molar-refractivity contribution in [2.45, 2.75) is 33.7 Å². The fourth-order valence-corrected chi connectivity index (χ4v) is 1.38. The number of nitrogens with two attached hydrogens (primary N) is 1. The Morgan fingerprint density at radius 2 is 2.11 bits per heavy atom. The Balaban J connectivity index is 0.00000289. The first-order chi connectivity index (χ1) is 7.92. The molecule has 3 N–H and O–H groups in total. The van der Waals surface area contributed by atoms with Gasteiger partial charge in [-0.25, -0.2) is 0 Å². The van der Waals surface area contributed by atoms with Crippen molar-refractivity contribution in [3.05, 3.63) is 29.6 Å². The molecule has 102 valence electrons. The molecule has 5 heteroatoms. The summed E-state index contributed by atoms with van der Waals surface area (Å²) in [6, 6.07) is 3.43. The Bertz CT molecular complexity index is 388. The summed E-state index contributed by atoms with van der Waals surface area (Å²) in [6.45, 7) is 7.49. The van der Waals surface area contributed by atoms with Crippen LogP contribution >= 0.6 is 12.4 Å². The van der Waals surface area contributed by atoms with Crippen LogP contribution in [0.25, 0.3) is 0 Å². The molecule has 0 aromatic carbocycles. The maximum absolute atomic E-state index is 11.8. The molecule has 0 aliphatic rings. The molecule has 0 aliphatic heterocycles. The third-order valence-corrected chi connectivity index (χ3v) is 2.45. The Morgan fingerprint density at radius 3 is 2.67 bits per heavy atom. The van der Waals surface area contributed by atoms with E-state index in [1.54, 1.807) is 18.3 Å². The number of aromatic nitrogens is 1. The quantitative estimate of drug-likeness (QED) is 0.881. The molecule has 0 spiro atoms. The number of carbonyl (C=O) groups excluding carboxylic acids is 1. The number of amides is 1. The SMILES string of the molecule is CC(C)(C)CCNC(=O)c1ccnc(CN)c1.Cl. The Morgan fingerprint density at radius 1 is 1.44 bits per heavy atom. The first-order valence-corrected chi connectivity index (χ1v) is 5.85. The van der Waals surface area contributed by atoms with Gasteiger partial charge in [-0.15, -0.1) is 12.4 Å². The summed E-state index contributed by atoms with van der Waals surface area (Å²) >= 11 is 0. The predicted molar refractivity (Wildman–Crippen MR) is 75.8 cm³/mol. The van der Waals surface area contributed by atoms with Crippen LogP contribution in [0.2, 0.25) is 0 Å². The van der Waals surface area contributed by atoms with Crippen LogP contribution in [0.4, 0.5) is 0 Å². The van der Waals surface area contributed by atoms with Gasteiger partial charge >= 0.3 is 0 Å². The van der Waals surface area contributed by atoms with Gasteiger partial charge in [0.25, 0.3) is 5.91 Å². The molecular formula is C13H22ClN3O. The van der Waals surface area contributed by atoms with Gasteiger partial charge in [-0.05, 0) is 24.0 Å². The van der Waals surface area contributed by atoms with Gasteiger partial charge in [-0.1, -0.05) is 20.8 Å². The van der Waals surface area contributed by atoms with E-state index in [1.807, 2.05) is 0 Å². The summed E-state index contributed by atoms with van der Waals surface area (Å²) in [5.41, 5.74) is 7.06. The predicted octanol–water partition coefficient (Wildman–Crippen LogP) is 2.13. The molecule has 4 nitrogen and oxygen atoms in total. The van der Waals surface area contributed by atoms with E-state index in [4.69, 9.17) is 5.73 Å². The molecule has 18 heavy (non-hydrogen) atoms. The van der Waals surface area contributed by atoms with Crippen LogP contribution in [0.5, 0.6) is 0 Å². The van der Waals surface area contributed by atoms with Crippen molar-refractivity contribution in [1.29, 1.82) is 0 Å². The van der Waals surface area contributed by atoms with Crippen molar-refractivity contribution in [2.75, 3.05) is 6.54 Å². The lowest BCUT2D eigenvalue weighted by molar-refractivity contribution is 0.0949. The number of halogens is 1. The van der Waals surface area contributed by atoms with Crippen LogP contribution in [0.1, 0.15) is 43.2 Å². The second kappa shape index (κ2) is 7.34. The largest absolute Gasteiger partial charge is 0.352 e. The standard InChI is InChI=1S/C13H21N3O.ClH/c1-13(2,3)5-7-16-12(17)10-4-6-15-11(8-10)9-14;/h4,6,8H,5,7,9,14H2,1-3H3,(H,16,17);1H. The Labute approximate surface area is 115 Å². The second-order valence-electron chi connectivity index (χ2n) is 5.31. The molecule has 0 fully saturated rings. The summed E-state index contributed by atoms with van der Waals surface area (Å²) in [6.07, 6.45) is 2.56. The van der Waals surface area contributed by atoms with E-state index < -0.39 is 0 Å². The fraction of sp³-hybridized carbons (Fsp3) is 0.538. The number of rotatable bonds is 4. The highest BCUT2D eigenvalue weighted by molar-refractivity contribution is 5.94. The summed E-state index contributed by atoms with van der Waals surface area (Å²) in [5.74, 6) is -0.0636. The highest BCUT2D eigenvalue weighted by Gasteiger charge is 2.11. The first kappa shape index (κ1) is 16.9. The zero-order chi connectivity index (χ0) is 12.9. The maximum Gasteiger partial charge on any atom is 0.251 e. The molecule has 0 atom stereocenters. The van der Waals surface area contributed by atoms with Crippen LogP contribution in [0.3, 0.4) is 0 Å². The minimum absolute atomic E-state index is 0. The minimum atomic E-state index is -0.0636. The van der Waals surface area contributed by atoms with Crippen LogP contribution in [0, 0.1) is 5.41 Å². The molecular weight excluding hydrogens is 250 g/mol. The molecule has 0 saturated heterocycles. The van der Waals surface area contributed by atoms with Gasteiger partial charge in [-0.2, -0.15) is 0 Å². The lowest BCUT2D eigenvalue weighted by Gasteiger charge is -2.18. The van der Waals surface area contributed by atoms with Crippen LogP contribution in [-0.4, -0.2) is 17.4 Å². The van der Waals surface area contributed by atoms with Crippen molar-refractivity contribution in [3.63, 3.8) is 0 Å². The number of hydrogen-bond donors (Lipinski definition) is 2. The molecule has 0 saturated carbocycles. The van der Waals surface area contributed by atoms with E-state index in [1.165, 1.54) is 0 Å². The molecule has 0 bridgehead atoms. The topological polar surface area (TPSA) is 68.0 Å². The Kier molecular flexibility index (Phi) is 6.88. The zero-order valence-corrected chi connectivity index (χ0v) is 12.0. The van der Waals surface area contributed by atoms with Crippen LogP contribution in [-0.2, 0) is 6.54 Å². The lowest BCUT2D eigenvalue weighted by atomic mass is 9.92. The average molecular weight is 272 g/mol. The minimum Gasteiger partial charge on any atom is -0.352 e. The molecule has 1 aromatic heterocycles. The normalized spacial score (nSPS) is 10.7. The molecule has 0 radical (unpaired) electrons. The second-order valence-corrected chi connectivity index (χ2v) is 5.31. The third kappa shape index (κ3) is 5.98. The van der Waals surface area contributed by atoms with Crippen LogP contribution in [0.15, 0.2) is 18.3 Å². The third-order valence-electron chi connectivity index (χ3n) is 2.45. The Hall–Kier alpha value is -1.13. The van der Waals surface area contributed by atoms with Crippen molar-refractivity contribution in [1.82, 2.24) is 10.3 Å². The average Bonchev–Trinajstić information content (AvgIpc) is 2.27. The number of nitrogens with one attached hydrogen (secondary N) is 1. The summed E-state index contributed by atoms with van der Waals surface area (Å²) in [4.78, 5) is 15.9. The molecule has 1 amide bonds. The molecule has 0 unspecified atom stereocenters. The van der Waals surface area contributed by atoms with Gasteiger partial charge in [-0.3, -0.25) is 9.78 Å². The first-order valence-electron chi connectivity index (χ1n) is 5.85. The maximum atomic E-state index is 11.8. The van der Waals surface area contributed by atoms with Crippen LogP contribution < -0.4 is 11.1 Å². The molecule has 1 aromatic rings. The summed E-state index contributed by atoms with van der Waals surface area (Å²) in [5, 5.41) is 2.90. The molecule has 1 heterocycles. The van der Waals surface area contributed by atoms with Crippen molar-refractivity contribution >= 4 is 18.3 Å². The van der Waals surface area contributed by atoms with E-state index in [-0.39, 0.29) is 23.7 Å². The van der Waals surface area contributed by atoms with Gasteiger partial charge in [0.05, 0.1) is 5.69 Å². The van der Waals surface area contributed by atoms with Gasteiger partial charge < -0.3 is 11.1 Å². The number of hydrogen-bond acceptors (Lipinski definition) is 3. The van der Waals surface area contributed by atoms with Crippen molar-refractivity contribution < 1.29 is 4.79 Å². The monoisotopic (exact) mass is 271 g/mol. The van der Waals surface area contributed by atoms with E-state index in [9.17, 15) is 4.79 Å². The lowest BCUT2D eigenvalue weighted by Crippen LogP contribution is -2.27. The van der Waals surface area contributed by atoms with Gasteiger partial charge in [0.1, 0.15) is 0 Å². The molecule has 0 aliphatic carbocycles. The van der Waals surface area contributed by atoms with E-state index in [2.05, 4.69) is 31.1 Å². The van der Waals surface area contributed by atoms with E-state index in [0.29, 0.717) is 18.7 Å². The number of pyridine rings is 1. The van der Waals surface area contributed by atoms with E-state index in [0.717, 1.165) is 12.1 Å². The van der Waals surface area contributed by atoms with Gasteiger partial charge in [0, 0.05) is 24.8 Å². The van der Waals surface area contributed by atoms with Crippen molar-refractivity contribution in [3.8, 4) is 0 Å². The highest BCUT2D eigenvalue weighted by Crippen LogP contribution is 2.17. The highest BCUT2D eigenvalue weighted by atomic mass is 35.5. The van der Waals surface area contributed by atoms with Crippen molar-refractivity contribution in [2.24, 2.45) is 11.1 Å². The van der Waals surface area contributed by atoms with Gasteiger partial charge in [0.2, 0.25) is 0 Å². The summed E-state index contributed by atoms with van der Waals surface area (Å²) in [7, 11) is 0. The zero-order valence-electron chi connectivity index (χ0n) is 11.2. The summed E-state index contributed by atoms with van der Waals surface area (Å²) < 4.78 is 0. The smallest absolute Gasteiger partial charge is 0.251 e. The van der Waals surface area contributed by atoms with E-state index >= 15 is 0 Å². The fourth-order valence-electron chi connectivity index (χ4n) is 1.38. The molecule has 1 rings (SSSR count).